The zero-order valence-electron chi connectivity index (χ0n) is 17.2. The van der Waals surface area contributed by atoms with E-state index in [0.717, 1.165) is 39.0 Å². The fraction of sp³-hybridized carbons (Fsp3) is 0.174. The van der Waals surface area contributed by atoms with Gasteiger partial charge in [0.1, 0.15) is 11.9 Å². The van der Waals surface area contributed by atoms with E-state index in [0.29, 0.717) is 11.3 Å². The summed E-state index contributed by atoms with van der Waals surface area (Å²) in [6.45, 7) is 1.71. The molecule has 1 aliphatic rings. The molecule has 9 heteroatoms. The van der Waals surface area contributed by atoms with Crippen LogP contribution >= 0.6 is 0 Å². The van der Waals surface area contributed by atoms with Crippen LogP contribution in [0, 0.1) is 12.7 Å². The lowest BCUT2D eigenvalue weighted by atomic mass is 10.2. The molecule has 2 amide bonds. The smallest absolute Gasteiger partial charge is 0.252 e. The summed E-state index contributed by atoms with van der Waals surface area (Å²) in [5.41, 5.74) is 1.89. The van der Waals surface area contributed by atoms with Gasteiger partial charge in [0, 0.05) is 18.9 Å². The van der Waals surface area contributed by atoms with Crippen molar-refractivity contribution in [3.8, 4) is 0 Å². The van der Waals surface area contributed by atoms with E-state index in [4.69, 9.17) is 0 Å². The van der Waals surface area contributed by atoms with Crippen LogP contribution in [0.5, 0.6) is 0 Å². The van der Waals surface area contributed by atoms with Gasteiger partial charge >= 0.3 is 0 Å². The van der Waals surface area contributed by atoms with Crippen LogP contribution in [-0.4, -0.2) is 35.6 Å². The number of amides is 2. The molecule has 0 saturated carbocycles. The average molecular weight is 453 g/mol. The van der Waals surface area contributed by atoms with Crippen LogP contribution in [0.1, 0.15) is 17.5 Å². The molecule has 2 heterocycles. The van der Waals surface area contributed by atoms with Gasteiger partial charge in [0.2, 0.25) is 15.9 Å². The minimum Gasteiger partial charge on any atom is -0.274 e. The molecule has 1 aromatic heterocycles. The lowest BCUT2D eigenvalue weighted by Gasteiger charge is -2.27. The van der Waals surface area contributed by atoms with Crippen LogP contribution < -0.4 is 4.90 Å². The number of anilines is 1. The summed E-state index contributed by atoms with van der Waals surface area (Å²) in [6, 6.07) is 13.3. The van der Waals surface area contributed by atoms with Gasteiger partial charge in [0.05, 0.1) is 17.0 Å². The van der Waals surface area contributed by atoms with Crippen molar-refractivity contribution in [3.63, 3.8) is 0 Å². The molecule has 1 atom stereocenters. The number of aromatic nitrogens is 1. The minimum absolute atomic E-state index is 0.168. The van der Waals surface area contributed by atoms with Gasteiger partial charge in [0.15, 0.2) is 0 Å². The Labute approximate surface area is 185 Å². The number of rotatable bonds is 6. The van der Waals surface area contributed by atoms with Gasteiger partial charge in [0.25, 0.3) is 5.91 Å². The second-order valence-corrected chi connectivity index (χ2v) is 9.38. The fourth-order valence-electron chi connectivity index (χ4n) is 3.58. The Balaban J connectivity index is 1.74. The Morgan fingerprint density at radius 2 is 1.75 bits per heavy atom. The number of pyridine rings is 1. The first-order valence-electron chi connectivity index (χ1n) is 9.87. The highest BCUT2D eigenvalue weighted by molar-refractivity contribution is 7.89. The lowest BCUT2D eigenvalue weighted by molar-refractivity contribution is -0.122. The summed E-state index contributed by atoms with van der Waals surface area (Å²) < 4.78 is 41.3. The molecule has 0 aliphatic carbocycles. The van der Waals surface area contributed by atoms with Gasteiger partial charge in [-0.1, -0.05) is 23.8 Å². The first-order valence-corrected chi connectivity index (χ1v) is 11.3. The Morgan fingerprint density at radius 3 is 2.38 bits per heavy atom. The first-order chi connectivity index (χ1) is 15.3. The van der Waals surface area contributed by atoms with Crippen molar-refractivity contribution < 1.29 is 22.4 Å². The second kappa shape index (κ2) is 8.60. The normalized spacial score (nSPS) is 16.7. The number of halogens is 1. The lowest BCUT2D eigenvalue weighted by Crippen LogP contribution is -2.45. The van der Waals surface area contributed by atoms with E-state index in [1.54, 1.807) is 42.6 Å². The van der Waals surface area contributed by atoms with Crippen molar-refractivity contribution >= 4 is 27.5 Å². The van der Waals surface area contributed by atoms with E-state index in [2.05, 4.69) is 4.98 Å². The summed E-state index contributed by atoms with van der Waals surface area (Å²) in [5.74, 6) is -1.71. The van der Waals surface area contributed by atoms with Crippen molar-refractivity contribution in [2.75, 3.05) is 4.90 Å². The van der Waals surface area contributed by atoms with Crippen molar-refractivity contribution in [3.05, 3.63) is 90.0 Å². The highest BCUT2D eigenvalue weighted by atomic mass is 32.2. The maximum atomic E-state index is 13.5. The monoisotopic (exact) mass is 453 g/mol. The highest BCUT2D eigenvalue weighted by Gasteiger charge is 2.47. The number of carbonyl (C=O) groups is 2. The van der Waals surface area contributed by atoms with E-state index >= 15 is 0 Å². The molecule has 1 saturated heterocycles. The molecule has 7 nitrogen and oxygen atoms in total. The van der Waals surface area contributed by atoms with Crippen LogP contribution in [0.4, 0.5) is 10.1 Å². The minimum atomic E-state index is -4.23. The van der Waals surface area contributed by atoms with E-state index in [9.17, 15) is 22.4 Å². The number of imide groups is 1. The predicted octanol–water partition coefficient (Wildman–Crippen LogP) is 3.05. The standard InChI is InChI=1S/C23H20FN3O4S/c1-16-4-8-19(9-5-16)27-22(28)13-21(23(27)29)26(15-17-3-2-12-25-14-17)32(30,31)20-10-6-18(24)7-11-20/h2-12,14,21H,13,15H2,1H3. The zero-order chi connectivity index (χ0) is 22.9. The van der Waals surface area contributed by atoms with Crippen LogP contribution in [0.25, 0.3) is 0 Å². The van der Waals surface area contributed by atoms with Gasteiger partial charge in [-0.2, -0.15) is 4.31 Å². The van der Waals surface area contributed by atoms with Crippen molar-refractivity contribution in [1.82, 2.24) is 9.29 Å². The number of carbonyl (C=O) groups excluding carboxylic acids is 2. The molecule has 0 bridgehead atoms. The van der Waals surface area contributed by atoms with Crippen LogP contribution in [0.3, 0.4) is 0 Å². The molecule has 0 spiro atoms. The summed E-state index contributed by atoms with van der Waals surface area (Å²) in [6.07, 6.45) is 2.74. The van der Waals surface area contributed by atoms with Gasteiger partial charge in [-0.25, -0.2) is 17.7 Å². The summed E-state index contributed by atoms with van der Waals surface area (Å²) >= 11 is 0. The van der Waals surface area contributed by atoms with Crippen molar-refractivity contribution in [2.45, 2.75) is 30.8 Å². The quantitative estimate of drug-likeness (QED) is 0.536. The highest BCUT2D eigenvalue weighted by Crippen LogP contribution is 2.30. The second-order valence-electron chi connectivity index (χ2n) is 7.49. The Morgan fingerprint density at radius 1 is 1.06 bits per heavy atom. The third kappa shape index (κ3) is 4.17. The zero-order valence-corrected chi connectivity index (χ0v) is 18.0. The van der Waals surface area contributed by atoms with Gasteiger partial charge < -0.3 is 0 Å². The summed E-state index contributed by atoms with van der Waals surface area (Å²) in [4.78, 5) is 30.9. The predicted molar refractivity (Wildman–Crippen MR) is 115 cm³/mol. The Hall–Kier alpha value is -3.43. The number of aryl methyl sites for hydroxylation is 1. The number of nitrogens with zero attached hydrogens (tertiary/aromatic N) is 3. The number of sulfonamides is 1. The van der Waals surface area contributed by atoms with Crippen LogP contribution in [0.2, 0.25) is 0 Å². The van der Waals surface area contributed by atoms with Crippen molar-refractivity contribution in [1.29, 1.82) is 0 Å². The van der Waals surface area contributed by atoms with E-state index in [1.165, 1.54) is 6.20 Å². The molecular formula is C23H20FN3O4S. The third-order valence-electron chi connectivity index (χ3n) is 5.24. The number of hydrogen-bond donors (Lipinski definition) is 0. The molecule has 0 radical (unpaired) electrons. The molecule has 1 unspecified atom stereocenters. The summed E-state index contributed by atoms with van der Waals surface area (Å²) in [7, 11) is -4.23. The molecule has 164 valence electrons. The number of benzene rings is 2. The maximum absolute atomic E-state index is 13.5. The maximum Gasteiger partial charge on any atom is 0.252 e. The Bertz CT molecular complexity index is 1250. The molecule has 2 aromatic carbocycles. The van der Waals surface area contributed by atoms with Gasteiger partial charge in [-0.05, 0) is 55.0 Å². The molecule has 1 aliphatic heterocycles. The molecule has 0 N–H and O–H groups in total. The van der Waals surface area contributed by atoms with E-state index in [-0.39, 0.29) is 17.9 Å². The van der Waals surface area contributed by atoms with Gasteiger partial charge in [-0.3, -0.25) is 14.6 Å². The van der Waals surface area contributed by atoms with Crippen LogP contribution in [-0.2, 0) is 26.2 Å². The SMILES string of the molecule is Cc1ccc(N2C(=O)CC(N(Cc3cccnc3)S(=O)(=O)c3ccc(F)cc3)C2=O)cc1. The topological polar surface area (TPSA) is 87.7 Å². The molecule has 3 aromatic rings. The molecular weight excluding hydrogens is 433 g/mol. The number of hydrogen-bond acceptors (Lipinski definition) is 5. The van der Waals surface area contributed by atoms with Crippen molar-refractivity contribution in [2.24, 2.45) is 0 Å². The van der Waals surface area contributed by atoms with Gasteiger partial charge in [-0.15, -0.1) is 0 Å². The van der Waals surface area contributed by atoms with Crippen LogP contribution in [0.15, 0.2) is 78.0 Å². The third-order valence-corrected chi connectivity index (χ3v) is 7.11. The molecule has 4 rings (SSSR count). The summed E-state index contributed by atoms with van der Waals surface area (Å²) in [5, 5.41) is 0. The molecule has 1 fully saturated rings. The Kier molecular flexibility index (Phi) is 5.86. The fourth-order valence-corrected chi connectivity index (χ4v) is 5.15. The first kappa shape index (κ1) is 21.8. The average Bonchev–Trinajstić information content (AvgIpc) is 3.07. The van der Waals surface area contributed by atoms with E-state index in [1.807, 2.05) is 6.92 Å². The van der Waals surface area contributed by atoms with E-state index < -0.39 is 33.7 Å². The molecule has 32 heavy (non-hydrogen) atoms. The largest absolute Gasteiger partial charge is 0.274 e.